The smallest absolute Gasteiger partial charge is 0.418 e. The number of hydroxylamine groups is 2. The Bertz CT molecular complexity index is 1030. The third kappa shape index (κ3) is 6.42. The molecule has 1 aromatic rings. The van der Waals surface area contributed by atoms with Gasteiger partial charge in [0.15, 0.2) is 0 Å². The van der Waals surface area contributed by atoms with Gasteiger partial charge in [0.2, 0.25) is 0 Å². The van der Waals surface area contributed by atoms with Crippen LogP contribution in [-0.4, -0.2) is 70.8 Å². The van der Waals surface area contributed by atoms with Crippen LogP contribution in [0.1, 0.15) is 70.9 Å². The molecule has 3 rings (SSSR count). The Hall–Kier alpha value is -2.71. The topological polar surface area (TPSA) is 164 Å². The van der Waals surface area contributed by atoms with Gasteiger partial charge in [-0.05, 0) is 40.5 Å². The summed E-state index contributed by atoms with van der Waals surface area (Å²) in [5, 5.41) is 7.35. The van der Waals surface area contributed by atoms with Crippen molar-refractivity contribution in [2.24, 2.45) is 4.99 Å². The average Bonchev–Trinajstić information content (AvgIpc) is 3.24. The molecule has 3 heterocycles. The minimum Gasteiger partial charge on any atom is -0.444 e. The van der Waals surface area contributed by atoms with Crippen LogP contribution in [0.4, 0.5) is 9.59 Å². The lowest BCUT2D eigenvalue weighted by Crippen LogP contribution is -2.35. The Kier molecular flexibility index (Phi) is 7.00. The minimum atomic E-state index is -4.80. The number of piperidine rings is 1. The number of urea groups is 1. The first-order valence-corrected chi connectivity index (χ1v) is 11.8. The van der Waals surface area contributed by atoms with E-state index in [0.29, 0.717) is 41.7 Å². The molecule has 0 radical (unpaired) electrons. The molecule has 3 amide bonds. The van der Waals surface area contributed by atoms with E-state index in [9.17, 15) is 18.0 Å². The molecule has 2 saturated heterocycles. The van der Waals surface area contributed by atoms with Gasteiger partial charge in [-0.15, -0.1) is 4.28 Å². The lowest BCUT2D eigenvalue weighted by atomic mass is 9.97. The predicted octanol–water partition coefficient (Wildman–Crippen LogP) is 2.40. The number of amidine groups is 1. The molecule has 0 aromatic carbocycles. The van der Waals surface area contributed by atoms with E-state index in [0.717, 1.165) is 0 Å². The van der Waals surface area contributed by atoms with Gasteiger partial charge in [0, 0.05) is 18.5 Å². The molecule has 2 aliphatic rings. The van der Waals surface area contributed by atoms with E-state index in [4.69, 9.17) is 13.8 Å². The van der Waals surface area contributed by atoms with Crippen molar-refractivity contribution in [3.63, 3.8) is 0 Å². The highest BCUT2D eigenvalue weighted by Gasteiger charge is 2.48. The van der Waals surface area contributed by atoms with Crippen molar-refractivity contribution in [1.29, 1.82) is 0 Å². The Morgan fingerprint density at radius 2 is 2.12 bits per heavy atom. The van der Waals surface area contributed by atoms with Crippen molar-refractivity contribution in [3.05, 3.63) is 17.5 Å². The molecule has 13 nitrogen and oxygen atoms in total. The quantitative estimate of drug-likeness (QED) is 0.348. The van der Waals surface area contributed by atoms with E-state index in [-0.39, 0.29) is 12.5 Å². The minimum absolute atomic E-state index is 0.161. The van der Waals surface area contributed by atoms with E-state index < -0.39 is 40.2 Å². The lowest BCUT2D eigenvalue weighted by molar-refractivity contribution is -0.0317. The summed E-state index contributed by atoms with van der Waals surface area (Å²) in [6.45, 7) is 9.41. The number of nitrogens with zero attached hydrogens (tertiary/aromatic N) is 4. The summed E-state index contributed by atoms with van der Waals surface area (Å²) < 4.78 is 46.1. The Balaban J connectivity index is 1.61. The molecule has 14 heteroatoms. The molecule has 2 bridgehead atoms. The van der Waals surface area contributed by atoms with Crippen molar-refractivity contribution in [2.75, 3.05) is 13.1 Å². The molecule has 184 valence electrons. The predicted molar refractivity (Wildman–Crippen MR) is 115 cm³/mol. The largest absolute Gasteiger partial charge is 0.444 e. The molecular formula is C19H29N5O8S. The van der Waals surface area contributed by atoms with Crippen LogP contribution < -0.4 is 5.32 Å². The molecule has 0 saturated carbocycles. The zero-order valence-electron chi connectivity index (χ0n) is 19.1. The number of hydrogen-bond donors (Lipinski definition) is 2. The third-order valence-corrected chi connectivity index (χ3v) is 5.50. The van der Waals surface area contributed by atoms with Crippen LogP contribution in [0, 0.1) is 0 Å². The first-order valence-electron chi connectivity index (χ1n) is 10.5. The maximum atomic E-state index is 12.6. The van der Waals surface area contributed by atoms with Gasteiger partial charge in [0.05, 0.1) is 18.6 Å². The zero-order chi connectivity index (χ0) is 24.6. The monoisotopic (exact) mass is 487 g/mol. The number of hydrogen-bond acceptors (Lipinski definition) is 9. The lowest BCUT2D eigenvalue weighted by Gasteiger charge is -2.28. The highest BCUT2D eigenvalue weighted by Crippen LogP contribution is 2.39. The number of rotatable bonds is 6. The van der Waals surface area contributed by atoms with E-state index in [1.165, 1.54) is 4.90 Å². The number of alkyl carbamates (subject to hydrolysis) is 1. The van der Waals surface area contributed by atoms with Gasteiger partial charge in [0.25, 0.3) is 0 Å². The molecule has 33 heavy (non-hydrogen) atoms. The van der Waals surface area contributed by atoms with Gasteiger partial charge in [0.1, 0.15) is 22.9 Å². The summed E-state index contributed by atoms with van der Waals surface area (Å²) in [5.74, 6) is 0.793. The summed E-state index contributed by atoms with van der Waals surface area (Å²) >= 11 is 0. The molecule has 3 atom stereocenters. The second-order valence-corrected chi connectivity index (χ2v) is 10.1. The summed E-state index contributed by atoms with van der Waals surface area (Å²) in [6.07, 6.45) is 0.412. The van der Waals surface area contributed by atoms with Gasteiger partial charge in [-0.1, -0.05) is 12.1 Å². The number of carbonyl (C=O) groups is 2. The fourth-order valence-corrected chi connectivity index (χ4v) is 4.08. The average molecular weight is 488 g/mol. The highest BCUT2D eigenvalue weighted by molar-refractivity contribution is 7.80. The molecule has 0 unspecified atom stereocenters. The van der Waals surface area contributed by atoms with Crippen molar-refractivity contribution in [3.8, 4) is 0 Å². The zero-order valence-corrected chi connectivity index (χ0v) is 20.0. The van der Waals surface area contributed by atoms with Crippen LogP contribution >= 0.6 is 0 Å². The van der Waals surface area contributed by atoms with Crippen molar-refractivity contribution in [2.45, 2.75) is 71.1 Å². The summed E-state index contributed by atoms with van der Waals surface area (Å²) in [4.78, 5) is 30.2. The molecule has 0 aliphatic carbocycles. The third-order valence-electron chi connectivity index (χ3n) is 5.16. The summed E-state index contributed by atoms with van der Waals surface area (Å²) in [6, 6.07) is 0.191. The van der Waals surface area contributed by atoms with Gasteiger partial charge in [-0.2, -0.15) is 13.5 Å². The first kappa shape index (κ1) is 24.9. The van der Waals surface area contributed by atoms with Gasteiger partial charge >= 0.3 is 22.5 Å². The highest BCUT2D eigenvalue weighted by atomic mass is 32.3. The molecule has 2 N–H and O–H groups in total. The van der Waals surface area contributed by atoms with Crippen LogP contribution in [-0.2, 0) is 19.4 Å². The van der Waals surface area contributed by atoms with Gasteiger partial charge < -0.3 is 14.2 Å². The van der Waals surface area contributed by atoms with E-state index >= 15 is 0 Å². The number of fused-ring (bicyclic) bond motifs is 2. The first-order chi connectivity index (χ1) is 15.2. The second kappa shape index (κ2) is 9.27. The fourth-order valence-electron chi connectivity index (χ4n) is 3.69. The fraction of sp³-hybridized carbons (Fsp3) is 0.684. The maximum Gasteiger partial charge on any atom is 0.418 e. The maximum absolute atomic E-state index is 12.6. The number of aliphatic imine (C=N–C) groups is 1. The van der Waals surface area contributed by atoms with Crippen LogP contribution in [0.3, 0.4) is 0 Å². The molecule has 2 fully saturated rings. The Morgan fingerprint density at radius 1 is 1.42 bits per heavy atom. The molecular weight excluding hydrogens is 458 g/mol. The standard InChI is InChI=1S/C19H29N5O8S/c1-11(9-20-12(2)21-17(25)30-19(3,4)5)16-8-14(22-31-16)15-7-6-13-10-23(15)18(26)24(13)32-33(27,28)29/h8,11,13,15H,6-7,9-10H2,1-5H3,(H,20,21,25)(H,27,28,29)/t11-,13-,15+/m1/s1. The van der Waals surface area contributed by atoms with E-state index in [2.05, 4.69) is 19.7 Å². The summed E-state index contributed by atoms with van der Waals surface area (Å²) in [5.41, 5.74) is -0.0795. The van der Waals surface area contributed by atoms with Gasteiger partial charge in [-0.25, -0.2) is 9.59 Å². The number of carbonyl (C=O) groups excluding carboxylic acids is 2. The molecule has 1 aromatic heterocycles. The van der Waals surface area contributed by atoms with Gasteiger partial charge in [-0.3, -0.25) is 14.9 Å². The van der Waals surface area contributed by atoms with Crippen molar-refractivity contribution < 1.29 is 36.1 Å². The van der Waals surface area contributed by atoms with Crippen LogP contribution in [0.2, 0.25) is 0 Å². The SMILES string of the molecule is CC(=NC[C@@H](C)c1cc([C@@H]2CC[C@@H]3CN2C(=O)N3OS(=O)(=O)O)no1)NC(=O)OC(C)(C)C. The Morgan fingerprint density at radius 3 is 2.76 bits per heavy atom. The van der Waals surface area contributed by atoms with Crippen molar-refractivity contribution in [1.82, 2.24) is 20.4 Å². The van der Waals surface area contributed by atoms with E-state index in [1.807, 2.05) is 6.92 Å². The van der Waals surface area contributed by atoms with E-state index in [1.54, 1.807) is 33.8 Å². The second-order valence-electron chi connectivity index (χ2n) is 9.12. The summed E-state index contributed by atoms with van der Waals surface area (Å²) in [7, 11) is -4.80. The number of aromatic nitrogens is 1. The molecule has 2 aliphatic heterocycles. The Labute approximate surface area is 192 Å². The number of amides is 3. The van der Waals surface area contributed by atoms with Crippen LogP contribution in [0.25, 0.3) is 0 Å². The van der Waals surface area contributed by atoms with Crippen LogP contribution in [0.15, 0.2) is 15.6 Å². The number of nitrogens with one attached hydrogen (secondary N) is 1. The molecule has 0 spiro atoms. The van der Waals surface area contributed by atoms with Crippen LogP contribution in [0.5, 0.6) is 0 Å². The normalized spacial score (nSPS) is 22.5. The number of ether oxygens (including phenoxy) is 1. The van der Waals surface area contributed by atoms with Crippen molar-refractivity contribution >= 4 is 28.4 Å².